The van der Waals surface area contributed by atoms with Gasteiger partial charge in [-0.15, -0.1) is 0 Å². The lowest BCUT2D eigenvalue weighted by Crippen LogP contribution is -2.72. The molecule has 0 aromatic heterocycles. The van der Waals surface area contributed by atoms with Gasteiger partial charge in [-0.05, 0) is 6.92 Å². The normalized spacial score (nSPS) is 49.4. The van der Waals surface area contributed by atoms with Crippen LogP contribution in [-0.4, -0.2) is 369 Å². The van der Waals surface area contributed by atoms with Gasteiger partial charge in [0.15, 0.2) is 44.0 Å². The summed E-state index contributed by atoms with van der Waals surface area (Å²) in [7, 11) is 0. The molecule has 0 unspecified atom stereocenters. The van der Waals surface area contributed by atoms with E-state index in [1.54, 1.807) is 0 Å². The monoisotopic (exact) mass is 1260 g/mol. The number of aliphatic hydroxyl groups is 19. The Morgan fingerprint density at radius 2 is 0.616 bits per heavy atom. The molecule has 0 aliphatic carbocycles. The highest BCUT2D eigenvalue weighted by atomic mass is 16.8. The molecule has 7 heterocycles. The van der Waals surface area contributed by atoms with Crippen molar-refractivity contribution in [3.8, 4) is 0 Å². The van der Waals surface area contributed by atoms with Crippen molar-refractivity contribution in [3.63, 3.8) is 0 Å². The van der Waals surface area contributed by atoms with E-state index in [0.29, 0.717) is 0 Å². The predicted molar refractivity (Wildman–Crippen MR) is 265 cm³/mol. The van der Waals surface area contributed by atoms with Crippen LogP contribution in [0.25, 0.3) is 0 Å². The molecule has 0 radical (unpaired) electrons. The second-order valence-electron chi connectivity index (χ2n) is 21.8. The van der Waals surface area contributed by atoms with Gasteiger partial charge in [0.2, 0.25) is 17.7 Å². The van der Waals surface area contributed by atoms with Crippen molar-refractivity contribution in [3.05, 3.63) is 0 Å². The number of hydrogen-bond acceptors (Lipinski definition) is 35. The van der Waals surface area contributed by atoms with Crippen LogP contribution in [0.2, 0.25) is 0 Å². The van der Waals surface area contributed by atoms with Gasteiger partial charge in [-0.25, -0.2) is 0 Å². The third kappa shape index (κ3) is 15.2. The van der Waals surface area contributed by atoms with Gasteiger partial charge in [0.25, 0.3) is 0 Å². The summed E-state index contributed by atoms with van der Waals surface area (Å²) in [6.07, 6.45) is -62.1. The van der Waals surface area contributed by atoms with Crippen LogP contribution < -0.4 is 16.0 Å². The molecular weight excluding hydrogens is 1180 g/mol. The largest absolute Gasteiger partial charge is 0.394 e. The fourth-order valence-electron chi connectivity index (χ4n) is 11.1. The second kappa shape index (κ2) is 30.5. The minimum Gasteiger partial charge on any atom is -0.394 e. The van der Waals surface area contributed by atoms with E-state index < -0.39 is 272 Å². The van der Waals surface area contributed by atoms with Crippen molar-refractivity contribution in [1.82, 2.24) is 16.0 Å². The molecule has 38 nitrogen and oxygen atoms in total. The van der Waals surface area contributed by atoms with Crippen molar-refractivity contribution in [2.24, 2.45) is 0 Å². The fraction of sp³-hybridized carbons (Fsp3) is 0.938. The Hall–Kier alpha value is -2.87. The maximum absolute atomic E-state index is 13.2. The smallest absolute Gasteiger partial charge is 0.217 e. The third-order valence-electron chi connectivity index (χ3n) is 15.7. The average molecular weight is 1260 g/mol. The number of ether oxygens (including phenoxy) is 13. The number of rotatable bonds is 21. The molecule has 0 bridgehead atoms. The van der Waals surface area contributed by atoms with Crippen LogP contribution in [0.1, 0.15) is 27.7 Å². The van der Waals surface area contributed by atoms with Crippen LogP contribution in [0, 0.1) is 0 Å². The first-order chi connectivity index (χ1) is 40.6. The molecule has 7 aliphatic heterocycles. The summed E-state index contributed by atoms with van der Waals surface area (Å²) in [5.74, 6) is -2.55. The Balaban J connectivity index is 1.20. The highest BCUT2D eigenvalue weighted by molar-refractivity contribution is 5.74. The van der Waals surface area contributed by atoms with Gasteiger partial charge in [-0.3, -0.25) is 14.4 Å². The number of carbonyl (C=O) groups is 3. The van der Waals surface area contributed by atoms with Gasteiger partial charge in [0, 0.05) is 20.8 Å². The molecule has 7 aliphatic rings. The van der Waals surface area contributed by atoms with E-state index in [2.05, 4.69) is 16.0 Å². The lowest BCUT2D eigenvalue weighted by molar-refractivity contribution is -0.396. The van der Waals surface area contributed by atoms with Crippen LogP contribution in [0.4, 0.5) is 0 Å². The fourth-order valence-corrected chi connectivity index (χ4v) is 11.1. The lowest BCUT2D eigenvalue weighted by atomic mass is 9.93. The van der Waals surface area contributed by atoms with E-state index in [4.69, 9.17) is 61.6 Å². The van der Waals surface area contributed by atoms with Crippen molar-refractivity contribution < 1.29 is 173 Å². The first-order valence-corrected chi connectivity index (χ1v) is 27.5. The molecule has 86 heavy (non-hydrogen) atoms. The molecular formula is C48H81N3O35. The topological polar surface area (TPSA) is 592 Å². The summed E-state index contributed by atoms with van der Waals surface area (Å²) in [6.45, 7) is -1.90. The zero-order valence-corrected chi connectivity index (χ0v) is 46.5. The molecule has 38 heteroatoms. The molecule has 0 aromatic rings. The highest BCUT2D eigenvalue weighted by Crippen LogP contribution is 2.39. The Morgan fingerprint density at radius 1 is 0.302 bits per heavy atom. The first kappa shape index (κ1) is 70.6. The molecule has 3 amide bonds. The minimum atomic E-state index is -2.33. The molecule has 0 saturated carbocycles. The molecule has 7 saturated heterocycles. The summed E-state index contributed by atoms with van der Waals surface area (Å²) in [5.41, 5.74) is 0. The maximum atomic E-state index is 13.2. The maximum Gasteiger partial charge on any atom is 0.217 e. The second-order valence-corrected chi connectivity index (χ2v) is 21.8. The highest BCUT2D eigenvalue weighted by Gasteiger charge is 2.60. The zero-order chi connectivity index (χ0) is 63.5. The zero-order valence-electron chi connectivity index (χ0n) is 46.5. The first-order valence-electron chi connectivity index (χ1n) is 27.5. The van der Waals surface area contributed by atoms with Crippen molar-refractivity contribution in [2.75, 3.05) is 39.6 Å². The molecule has 0 aromatic carbocycles. The average Bonchev–Trinajstić information content (AvgIpc) is 3.67. The van der Waals surface area contributed by atoms with E-state index in [1.165, 1.54) is 6.92 Å². The third-order valence-corrected chi connectivity index (χ3v) is 15.7. The van der Waals surface area contributed by atoms with E-state index in [1.807, 2.05) is 0 Å². The summed E-state index contributed by atoms with van der Waals surface area (Å²) < 4.78 is 76.3. The lowest BCUT2D eigenvalue weighted by Gasteiger charge is -2.52. The molecule has 7 fully saturated rings. The van der Waals surface area contributed by atoms with Crippen LogP contribution in [-0.2, 0) is 76.0 Å². The molecule has 498 valence electrons. The van der Waals surface area contributed by atoms with Gasteiger partial charge < -0.3 is 175 Å². The van der Waals surface area contributed by atoms with Crippen LogP contribution in [0.3, 0.4) is 0 Å². The van der Waals surface area contributed by atoms with Gasteiger partial charge in [0.1, 0.15) is 165 Å². The van der Waals surface area contributed by atoms with Gasteiger partial charge >= 0.3 is 0 Å². The Labute approximate surface area is 488 Å². The molecule has 0 spiro atoms. The predicted octanol–water partition coefficient (Wildman–Crippen LogP) is -14.8. The molecule has 7 rings (SSSR count). The summed E-state index contributed by atoms with van der Waals surface area (Å²) in [4.78, 5) is 37.9. The SMILES string of the molecule is CC(=O)N[C@@H]1[C@@H](O)[C@H](O[C@@H]2O[C@H](CO)[C@H](O)[C@H](O[C@@H]3O[C@H](CO)[C@@H](O[C@@H]4O[C@H](CO)[C@H](O)[C@H](O[C@@H]5O[C@H](CO)[C@@H](O[C@@H]6O[C@H](CO)[C@H](O)[C@H](O)[C@H]6O)[C@H](O)[C@H]5NC(C)=O)[C@H]4O)[C@H](O[C@@H]4O[C@@H](C)[C@@H](O)[C@@H](O)[C@@H]4O)[C@H]3NC(C)=O)[C@H]2O)[C@@H](CO)O[C@H]1O. The minimum absolute atomic E-state index is 0.743. The van der Waals surface area contributed by atoms with Gasteiger partial charge in [0.05, 0.1) is 45.7 Å². The summed E-state index contributed by atoms with van der Waals surface area (Å²) in [5, 5.41) is 214. The van der Waals surface area contributed by atoms with Crippen molar-refractivity contribution in [2.45, 2.75) is 242 Å². The molecule has 22 N–H and O–H groups in total. The van der Waals surface area contributed by atoms with Crippen molar-refractivity contribution >= 4 is 17.7 Å². The van der Waals surface area contributed by atoms with Crippen LogP contribution in [0.5, 0.6) is 0 Å². The molecule has 35 atom stereocenters. The number of carbonyl (C=O) groups excluding carboxylic acids is 3. The van der Waals surface area contributed by atoms with E-state index >= 15 is 0 Å². The Morgan fingerprint density at radius 3 is 1.07 bits per heavy atom. The number of aliphatic hydroxyl groups excluding tert-OH is 19. The van der Waals surface area contributed by atoms with Gasteiger partial charge in [-0.2, -0.15) is 0 Å². The summed E-state index contributed by atoms with van der Waals surface area (Å²) in [6, 6.07) is -5.32. The van der Waals surface area contributed by atoms with Crippen molar-refractivity contribution in [1.29, 1.82) is 0 Å². The standard InChI is InChI=1S/C48H81N3O35/c1-11-24(61)30(67)32(69)45(74-11)84-39-23(51-14(4)60)44(86-41-27(64)16(6-53)77-47(34(41)71)82-36-18(8-55)75-42(73)21(28(36)65)49-12(2)58)80-20(10-57)38(39)83-48-35(72)40(26(63)17(7-54)78-48)85-43-22(50-13(3)59)29(66)37(19(9-56)79-43)81-46-33(70)31(68)25(62)15(5-52)76-46/h11,15-48,52-57,61-73H,5-10H2,1-4H3,(H,49,58)(H,50,59)(H,51,60)/t11-,15+,16+,17+,18+,19+,20+,21+,22+,23+,24+,25-,26-,27-,28+,29+,30+,31-,32-,33+,34+,35+,36+,37+,38+,39+,40-,41-,42+,43-,44-,45-,46-,47-,48-/m0/s1. The van der Waals surface area contributed by atoms with Crippen LogP contribution in [0.15, 0.2) is 0 Å². The number of amides is 3. The van der Waals surface area contributed by atoms with E-state index in [9.17, 15) is 111 Å². The van der Waals surface area contributed by atoms with Crippen LogP contribution >= 0.6 is 0 Å². The van der Waals surface area contributed by atoms with E-state index in [0.717, 1.165) is 20.8 Å². The summed E-state index contributed by atoms with van der Waals surface area (Å²) >= 11 is 0. The van der Waals surface area contributed by atoms with Gasteiger partial charge in [-0.1, -0.05) is 0 Å². The number of nitrogens with one attached hydrogen (secondary N) is 3. The van der Waals surface area contributed by atoms with E-state index in [-0.39, 0.29) is 0 Å². The Bertz CT molecular complexity index is 2170. The number of hydrogen-bond donors (Lipinski definition) is 22. The quantitative estimate of drug-likeness (QED) is 0.0507. The Kier molecular flexibility index (Phi) is 25.0.